The third-order valence-corrected chi connectivity index (χ3v) is 3.55. The molecule has 1 heterocycles. The Morgan fingerprint density at radius 2 is 2.00 bits per heavy atom. The minimum atomic E-state index is 0.352. The van der Waals surface area contributed by atoms with Crippen molar-refractivity contribution in [3.63, 3.8) is 0 Å². The van der Waals surface area contributed by atoms with Gasteiger partial charge in [-0.25, -0.2) is 0 Å². The summed E-state index contributed by atoms with van der Waals surface area (Å²) in [6, 6.07) is 12.9. The third kappa shape index (κ3) is 4.87. The quantitative estimate of drug-likeness (QED) is 0.801. The van der Waals surface area contributed by atoms with Gasteiger partial charge in [-0.05, 0) is 55.6 Å². The second-order valence-corrected chi connectivity index (χ2v) is 5.16. The molecule has 0 spiro atoms. The summed E-state index contributed by atoms with van der Waals surface area (Å²) in [5, 5.41) is 3.39. The van der Waals surface area contributed by atoms with Gasteiger partial charge in [0.2, 0.25) is 0 Å². The molecule has 21 heavy (non-hydrogen) atoms. The summed E-state index contributed by atoms with van der Waals surface area (Å²) in [4.78, 5) is 4.16. The highest BCUT2D eigenvalue weighted by molar-refractivity contribution is 5.29. The van der Waals surface area contributed by atoms with Crippen LogP contribution in [-0.4, -0.2) is 18.6 Å². The van der Waals surface area contributed by atoms with Crippen molar-refractivity contribution >= 4 is 0 Å². The number of aryl methyl sites for hydroxylation is 1. The van der Waals surface area contributed by atoms with E-state index < -0.39 is 0 Å². The molecule has 3 heteroatoms. The van der Waals surface area contributed by atoms with Gasteiger partial charge in [0.15, 0.2) is 0 Å². The van der Waals surface area contributed by atoms with Crippen LogP contribution in [0.5, 0.6) is 5.75 Å². The predicted molar refractivity (Wildman–Crippen MR) is 86.6 cm³/mol. The summed E-state index contributed by atoms with van der Waals surface area (Å²) in [7, 11) is 2.01. The smallest absolute Gasteiger partial charge is 0.119 e. The Kier molecular flexibility index (Phi) is 6.22. The number of nitrogens with one attached hydrogen (secondary N) is 1. The van der Waals surface area contributed by atoms with E-state index in [1.54, 1.807) is 0 Å². The molecular formula is C18H24N2O. The number of nitrogens with zero attached hydrogens (tertiary/aromatic N) is 1. The van der Waals surface area contributed by atoms with Gasteiger partial charge in [-0.1, -0.05) is 25.1 Å². The van der Waals surface area contributed by atoms with E-state index in [4.69, 9.17) is 4.74 Å². The fourth-order valence-electron chi connectivity index (χ4n) is 2.35. The summed E-state index contributed by atoms with van der Waals surface area (Å²) >= 11 is 0. The van der Waals surface area contributed by atoms with Crippen LogP contribution in [0.1, 0.15) is 36.9 Å². The van der Waals surface area contributed by atoms with Crippen LogP contribution >= 0.6 is 0 Å². The predicted octanol–water partition coefficient (Wildman–Crippen LogP) is 3.76. The Labute approximate surface area is 127 Å². The molecule has 0 radical (unpaired) electrons. The highest BCUT2D eigenvalue weighted by atomic mass is 16.5. The first kappa shape index (κ1) is 15.5. The number of rotatable bonds is 8. The van der Waals surface area contributed by atoms with Gasteiger partial charge in [0.25, 0.3) is 0 Å². The van der Waals surface area contributed by atoms with Gasteiger partial charge in [0.05, 0.1) is 6.61 Å². The van der Waals surface area contributed by atoms with Crippen molar-refractivity contribution in [2.24, 2.45) is 0 Å². The molecule has 0 amide bonds. The number of hydrogen-bond acceptors (Lipinski definition) is 3. The molecule has 1 aromatic heterocycles. The number of pyridine rings is 1. The maximum Gasteiger partial charge on any atom is 0.119 e. The van der Waals surface area contributed by atoms with Gasteiger partial charge < -0.3 is 10.1 Å². The van der Waals surface area contributed by atoms with E-state index in [-0.39, 0.29) is 0 Å². The van der Waals surface area contributed by atoms with Gasteiger partial charge in [0, 0.05) is 18.4 Å². The molecule has 0 aliphatic carbocycles. The van der Waals surface area contributed by atoms with Crippen molar-refractivity contribution in [3.05, 3.63) is 59.9 Å². The lowest BCUT2D eigenvalue weighted by Gasteiger charge is -2.17. The maximum atomic E-state index is 5.62. The molecule has 0 bridgehead atoms. The molecule has 2 rings (SSSR count). The summed E-state index contributed by atoms with van der Waals surface area (Å²) in [5.41, 5.74) is 2.57. The minimum Gasteiger partial charge on any atom is -0.494 e. The van der Waals surface area contributed by atoms with Gasteiger partial charge in [-0.2, -0.15) is 0 Å². The lowest BCUT2D eigenvalue weighted by atomic mass is 10.00. The Hall–Kier alpha value is -1.87. The number of ether oxygens (including phenoxy) is 1. The average Bonchev–Trinajstić information content (AvgIpc) is 2.55. The number of aromatic nitrogens is 1. The van der Waals surface area contributed by atoms with E-state index in [2.05, 4.69) is 47.6 Å². The zero-order valence-corrected chi connectivity index (χ0v) is 12.9. The second kappa shape index (κ2) is 8.42. The Morgan fingerprint density at radius 3 is 2.62 bits per heavy atom. The molecule has 1 atom stereocenters. The molecule has 0 aliphatic rings. The monoisotopic (exact) mass is 284 g/mol. The lowest BCUT2D eigenvalue weighted by Crippen LogP contribution is -2.17. The van der Waals surface area contributed by atoms with Crippen LogP contribution in [-0.2, 0) is 6.42 Å². The van der Waals surface area contributed by atoms with Crippen molar-refractivity contribution in [3.8, 4) is 5.75 Å². The van der Waals surface area contributed by atoms with E-state index >= 15 is 0 Å². The largest absolute Gasteiger partial charge is 0.494 e. The van der Waals surface area contributed by atoms with Gasteiger partial charge in [-0.15, -0.1) is 0 Å². The number of hydrogen-bond donors (Lipinski definition) is 1. The molecule has 1 N–H and O–H groups in total. The fraction of sp³-hybridized carbons (Fsp3) is 0.389. The fourth-order valence-corrected chi connectivity index (χ4v) is 2.35. The number of benzene rings is 1. The van der Waals surface area contributed by atoms with Crippen molar-refractivity contribution in [1.82, 2.24) is 10.3 Å². The molecule has 0 fully saturated rings. The third-order valence-electron chi connectivity index (χ3n) is 3.55. The van der Waals surface area contributed by atoms with Crippen LogP contribution in [0, 0.1) is 0 Å². The zero-order valence-electron chi connectivity index (χ0n) is 12.9. The molecule has 112 valence electrons. The van der Waals surface area contributed by atoms with E-state index in [0.29, 0.717) is 6.04 Å². The van der Waals surface area contributed by atoms with E-state index in [9.17, 15) is 0 Å². The normalized spacial score (nSPS) is 12.1. The first-order valence-corrected chi connectivity index (χ1v) is 7.62. The Bertz CT molecular complexity index is 511. The summed E-state index contributed by atoms with van der Waals surface area (Å²) < 4.78 is 5.62. The first-order chi connectivity index (χ1) is 10.3. The van der Waals surface area contributed by atoms with E-state index in [1.807, 2.05) is 25.5 Å². The van der Waals surface area contributed by atoms with Crippen LogP contribution in [0.3, 0.4) is 0 Å². The minimum absolute atomic E-state index is 0.352. The van der Waals surface area contributed by atoms with Crippen molar-refractivity contribution < 1.29 is 4.74 Å². The van der Waals surface area contributed by atoms with Crippen LogP contribution in [0.2, 0.25) is 0 Å². The van der Waals surface area contributed by atoms with E-state index in [0.717, 1.165) is 31.6 Å². The standard InChI is InChI=1S/C18H24N2O/c1-3-13-21-17-9-7-16(8-10-17)18(19-2)11-6-15-5-4-12-20-14-15/h4-5,7-10,12,14,18-19H,3,6,11,13H2,1-2H3. The molecule has 0 saturated heterocycles. The van der Waals surface area contributed by atoms with Crippen molar-refractivity contribution in [2.45, 2.75) is 32.2 Å². The van der Waals surface area contributed by atoms with Gasteiger partial charge >= 0.3 is 0 Å². The maximum absolute atomic E-state index is 5.62. The first-order valence-electron chi connectivity index (χ1n) is 7.62. The topological polar surface area (TPSA) is 34.1 Å². The summed E-state index contributed by atoms with van der Waals surface area (Å²) in [6.07, 6.45) is 6.86. The van der Waals surface area contributed by atoms with Crippen LogP contribution in [0.25, 0.3) is 0 Å². The van der Waals surface area contributed by atoms with Crippen LogP contribution in [0.4, 0.5) is 0 Å². The van der Waals surface area contributed by atoms with Crippen LogP contribution < -0.4 is 10.1 Å². The Morgan fingerprint density at radius 1 is 1.19 bits per heavy atom. The highest BCUT2D eigenvalue weighted by Gasteiger charge is 2.09. The van der Waals surface area contributed by atoms with Gasteiger partial charge in [-0.3, -0.25) is 4.98 Å². The Balaban J connectivity index is 1.94. The summed E-state index contributed by atoms with van der Waals surface area (Å²) in [6.45, 7) is 2.89. The molecule has 3 nitrogen and oxygen atoms in total. The molecule has 0 saturated carbocycles. The van der Waals surface area contributed by atoms with E-state index in [1.165, 1.54) is 11.1 Å². The highest BCUT2D eigenvalue weighted by Crippen LogP contribution is 2.21. The molecule has 0 aliphatic heterocycles. The lowest BCUT2D eigenvalue weighted by molar-refractivity contribution is 0.317. The van der Waals surface area contributed by atoms with Crippen LogP contribution in [0.15, 0.2) is 48.8 Å². The molecular weight excluding hydrogens is 260 g/mol. The SMILES string of the molecule is CCCOc1ccc(C(CCc2cccnc2)NC)cc1. The molecule has 2 aromatic rings. The summed E-state index contributed by atoms with van der Waals surface area (Å²) in [5.74, 6) is 0.947. The van der Waals surface area contributed by atoms with Gasteiger partial charge in [0.1, 0.15) is 5.75 Å². The molecule has 1 aromatic carbocycles. The molecule has 1 unspecified atom stereocenters. The average molecular weight is 284 g/mol. The van der Waals surface area contributed by atoms with Crippen molar-refractivity contribution in [1.29, 1.82) is 0 Å². The second-order valence-electron chi connectivity index (χ2n) is 5.16. The van der Waals surface area contributed by atoms with Crippen molar-refractivity contribution in [2.75, 3.05) is 13.7 Å². The zero-order chi connectivity index (χ0) is 14.9.